The quantitative estimate of drug-likeness (QED) is 0.0353. The van der Waals surface area contributed by atoms with Gasteiger partial charge < -0.3 is 56.6 Å². The number of rotatable bonds is 16. The normalized spacial score (nSPS) is 15.2. The van der Waals surface area contributed by atoms with Crippen molar-refractivity contribution in [1.29, 1.82) is 0 Å². The number of hydrogen-bond acceptors (Lipinski definition) is 19. The molecule has 0 radical (unpaired) electrons. The van der Waals surface area contributed by atoms with Crippen molar-refractivity contribution in [3.8, 4) is 34.5 Å². The summed E-state index contributed by atoms with van der Waals surface area (Å²) in [4.78, 5) is 22.2. The van der Waals surface area contributed by atoms with E-state index in [2.05, 4.69) is 162 Å². The molecule has 12 rings (SSSR count). The summed E-state index contributed by atoms with van der Waals surface area (Å²) in [6.45, 7) is 34.8. The molecule has 19 nitrogen and oxygen atoms in total. The average molecular weight is 1410 g/mol. The van der Waals surface area contributed by atoms with Crippen LogP contribution in [0.15, 0.2) is 182 Å². The Bertz CT molecular complexity index is 4380. The van der Waals surface area contributed by atoms with Gasteiger partial charge in [0.2, 0.25) is 16.6 Å². The van der Waals surface area contributed by atoms with Crippen LogP contribution in [0.5, 0.6) is 34.5 Å². The number of aldehydes is 1. The van der Waals surface area contributed by atoms with Crippen LogP contribution in [0.1, 0.15) is 63.0 Å². The number of nitrogens with zero attached hydrogens (tertiary/aromatic N) is 5. The van der Waals surface area contributed by atoms with Crippen LogP contribution in [0.25, 0.3) is 32.3 Å². The molecule has 3 saturated heterocycles. The molecule has 0 atom stereocenters. The molecule has 3 fully saturated rings. The van der Waals surface area contributed by atoms with Crippen molar-refractivity contribution in [2.45, 2.75) is 90.9 Å². The van der Waals surface area contributed by atoms with Gasteiger partial charge in [-0.25, -0.2) is 16.8 Å². The lowest BCUT2D eigenvalue weighted by Crippen LogP contribution is -2.46. The van der Waals surface area contributed by atoms with Crippen LogP contribution in [-0.4, -0.2) is 147 Å². The number of carbonyl (C=O) groups is 1. The van der Waals surface area contributed by atoms with Crippen molar-refractivity contribution in [1.82, 2.24) is 15.1 Å². The zero-order valence-corrected chi connectivity index (χ0v) is 61.4. The number of benzene rings is 9. The average Bonchev–Trinajstić information content (AvgIpc) is 0.823. The van der Waals surface area contributed by atoms with E-state index in [1.807, 2.05) is 72.8 Å². The standard InChI is InChI=1S/C27H36N2O2Si.C21H22N2O8S2.C16H28N2OSi.C11H8O2/c1-27(2,3)32(4,5)31-23-13-11-22(12-14-23)29-18-16-28(17-19-29)20-25-24-9-7-6-8-21(24)10-15-26(25)30;24-32(25,26)30-18-8-6-17(7-9-18)23-13-11-22(12-14-23)15-20-19-4-2-1-3-16(19)5-10-21(20)31-33(27,28)29;1-16(2,3)20(4,5)19-15-8-6-14(7-9-15)18-12-10-17-11-13-18;12-7-10-9-4-2-1-3-8(9)5-6-11(10)13/h6-15,30H,16-20H2,1-5H3;1-10H,11-15H2,(H,24,25,26)(H,27,28,29);6-9,17H,10-13H2,1-5H3;1-7,13H/p-2. The molecule has 0 aromatic heterocycles. The second-order valence-electron chi connectivity index (χ2n) is 27.8. The summed E-state index contributed by atoms with van der Waals surface area (Å²) >= 11 is 0. The zero-order valence-electron chi connectivity index (χ0n) is 57.7. The summed E-state index contributed by atoms with van der Waals surface area (Å²) < 4.78 is 87.6. The summed E-state index contributed by atoms with van der Waals surface area (Å²) in [5.74, 6) is 2.39. The third kappa shape index (κ3) is 20.0. The highest BCUT2D eigenvalue weighted by atomic mass is 32.3. The number of phenols is 2. The highest BCUT2D eigenvalue weighted by Gasteiger charge is 2.40. The summed E-state index contributed by atoms with van der Waals surface area (Å²) in [5.41, 5.74) is 5.41. The van der Waals surface area contributed by atoms with E-state index >= 15 is 0 Å². The second kappa shape index (κ2) is 31.7. The number of fused-ring (bicyclic) bond motifs is 3. The third-order valence-electron chi connectivity index (χ3n) is 19.1. The molecule has 0 amide bonds. The number of carbonyl (C=O) groups excluding carboxylic acids is 1. The van der Waals surface area contributed by atoms with E-state index in [9.17, 15) is 40.9 Å². The van der Waals surface area contributed by atoms with Gasteiger partial charge in [-0.1, -0.05) is 133 Å². The van der Waals surface area contributed by atoms with Crippen LogP contribution in [-0.2, 0) is 33.9 Å². The van der Waals surface area contributed by atoms with Crippen molar-refractivity contribution >= 4 is 93.1 Å². The summed E-state index contributed by atoms with van der Waals surface area (Å²) in [5, 5.41) is 29.5. The van der Waals surface area contributed by atoms with Crippen molar-refractivity contribution in [2.24, 2.45) is 0 Å². The van der Waals surface area contributed by atoms with Crippen LogP contribution in [0.3, 0.4) is 0 Å². The fourth-order valence-corrected chi connectivity index (χ4v) is 14.2. The van der Waals surface area contributed by atoms with Crippen molar-refractivity contribution in [3.05, 3.63) is 199 Å². The second-order valence-corrected chi connectivity index (χ2v) is 39.3. The van der Waals surface area contributed by atoms with E-state index in [0.717, 1.165) is 109 Å². The molecule has 3 N–H and O–H groups in total. The van der Waals surface area contributed by atoms with E-state index < -0.39 is 37.4 Å². The van der Waals surface area contributed by atoms with Gasteiger partial charge in [0.1, 0.15) is 34.5 Å². The Balaban J connectivity index is 0.000000161. The van der Waals surface area contributed by atoms with Gasteiger partial charge in [-0.15, -0.1) is 0 Å². The minimum absolute atomic E-state index is 0.0232. The van der Waals surface area contributed by atoms with Gasteiger partial charge in [0.25, 0.3) is 20.8 Å². The van der Waals surface area contributed by atoms with Crippen LogP contribution in [0, 0.1) is 0 Å². The number of piperazine rings is 3. The highest BCUT2D eigenvalue weighted by molar-refractivity contribution is 7.81. The summed E-state index contributed by atoms with van der Waals surface area (Å²) in [6.07, 6.45) is 0.678. The molecule has 522 valence electrons. The molecular formula is C75H92N6O13S2Si2-2. The molecule has 0 spiro atoms. The van der Waals surface area contributed by atoms with Crippen molar-refractivity contribution < 1.29 is 58.2 Å². The Morgan fingerprint density at radius 2 is 0.796 bits per heavy atom. The summed E-state index contributed by atoms with van der Waals surface area (Å²) in [6, 6.07) is 57.0. The maximum Gasteiger partial charge on any atom is 0.262 e. The van der Waals surface area contributed by atoms with E-state index in [4.69, 9.17) is 13.0 Å². The van der Waals surface area contributed by atoms with Gasteiger partial charge in [0.05, 0.1) is 5.56 Å². The first kappa shape index (κ1) is 74.0. The predicted molar refractivity (Wildman–Crippen MR) is 396 cm³/mol. The smallest absolute Gasteiger partial charge is 0.262 e. The minimum Gasteiger partial charge on any atom is -0.716 e. The van der Waals surface area contributed by atoms with Crippen LogP contribution < -0.4 is 37.2 Å². The SMILES string of the molecule is CC(C)(C)[Si](C)(C)Oc1ccc(N2CCN(Cc3c(O)ccc4ccccc34)CC2)cc1.CC(C)(C)[Si](C)(C)Oc1ccc(N2CCNCC2)cc1.O=Cc1c(O)ccc2ccccc12.O=S(=O)([O-])Oc1ccc(N2CCN(Cc3c(OS(=O)(=O)[O-])ccc4ccccc34)CC2)cc1. The molecule has 23 heteroatoms. The fourth-order valence-electron chi connectivity index (χ4n) is 11.4. The van der Waals surface area contributed by atoms with Gasteiger partial charge in [-0.05, 0) is 160 Å². The van der Waals surface area contributed by atoms with Gasteiger partial charge in [-0.3, -0.25) is 14.6 Å². The largest absolute Gasteiger partial charge is 0.716 e. The van der Waals surface area contributed by atoms with Gasteiger partial charge in [-0.2, -0.15) is 0 Å². The molecule has 0 aliphatic carbocycles. The van der Waals surface area contributed by atoms with E-state index in [1.165, 1.54) is 41.0 Å². The Hall–Kier alpha value is -8.24. The molecule has 3 aliphatic heterocycles. The number of aromatic hydroxyl groups is 2. The van der Waals surface area contributed by atoms with Crippen LogP contribution in [0.2, 0.25) is 36.3 Å². The van der Waals surface area contributed by atoms with Gasteiger partial charge >= 0.3 is 0 Å². The molecule has 9 aromatic carbocycles. The van der Waals surface area contributed by atoms with Crippen molar-refractivity contribution in [3.63, 3.8) is 0 Å². The van der Waals surface area contributed by atoms with Crippen molar-refractivity contribution in [2.75, 3.05) is 93.2 Å². The monoisotopic (exact) mass is 1400 g/mol. The summed E-state index contributed by atoms with van der Waals surface area (Å²) in [7, 11) is -13.3. The van der Waals surface area contributed by atoms with Gasteiger partial charge in [0, 0.05) is 120 Å². The third-order valence-corrected chi connectivity index (χ3v) is 28.6. The zero-order chi connectivity index (χ0) is 70.6. The lowest BCUT2D eigenvalue weighted by Gasteiger charge is -2.37. The lowest BCUT2D eigenvalue weighted by atomic mass is 10.0. The Kier molecular flexibility index (Phi) is 24.0. The number of nitrogens with one attached hydrogen (secondary N) is 1. The maximum absolute atomic E-state index is 11.2. The molecule has 9 aromatic rings. The fraction of sp³-hybridized carbons (Fsp3) is 0.347. The van der Waals surface area contributed by atoms with E-state index in [1.54, 1.807) is 24.3 Å². The first-order valence-electron chi connectivity index (χ1n) is 33.1. The lowest BCUT2D eigenvalue weighted by molar-refractivity contribution is 0.112. The molecule has 0 bridgehead atoms. The van der Waals surface area contributed by atoms with Gasteiger partial charge in [0.15, 0.2) is 6.29 Å². The Morgan fingerprint density at radius 1 is 0.439 bits per heavy atom. The molecular weight excluding hydrogens is 1310 g/mol. The topological polar surface area (TPSA) is 237 Å². The number of phenolic OH excluding ortho intramolecular Hbond substituents is 2. The molecule has 3 heterocycles. The minimum atomic E-state index is -4.91. The Labute approximate surface area is 580 Å². The molecule has 98 heavy (non-hydrogen) atoms. The van der Waals surface area contributed by atoms with Crippen LogP contribution >= 0.6 is 0 Å². The number of anilines is 3. The molecule has 0 unspecified atom stereocenters. The highest BCUT2D eigenvalue weighted by Crippen LogP contribution is 2.40. The molecule has 0 saturated carbocycles. The predicted octanol–water partition coefficient (Wildman–Crippen LogP) is 13.9. The Morgan fingerprint density at radius 3 is 1.21 bits per heavy atom. The first-order chi connectivity index (χ1) is 46.3. The first-order valence-corrected chi connectivity index (χ1v) is 41.6. The van der Waals surface area contributed by atoms with Crippen LogP contribution in [0.4, 0.5) is 17.1 Å². The molecule has 3 aliphatic rings. The van der Waals surface area contributed by atoms with E-state index in [0.29, 0.717) is 55.9 Å². The van der Waals surface area contributed by atoms with E-state index in [-0.39, 0.29) is 27.3 Å². The number of hydrogen-bond donors (Lipinski definition) is 3. The maximum atomic E-state index is 11.2.